The summed E-state index contributed by atoms with van der Waals surface area (Å²) in [6, 6.07) is 11.7. The Balaban J connectivity index is 2.26. The van der Waals surface area contributed by atoms with E-state index >= 15 is 0 Å². The fraction of sp³-hybridized carbons (Fsp3) is 0.143. The van der Waals surface area contributed by atoms with Gasteiger partial charge in [0.05, 0.1) is 18.0 Å². The third kappa shape index (κ3) is 1.94. The molecule has 0 saturated carbocycles. The largest absolute Gasteiger partial charge is 0.391 e. The molecule has 5 nitrogen and oxygen atoms in total. The predicted molar refractivity (Wildman–Crippen MR) is 71.3 cm³/mol. The molecule has 0 atom stereocenters. The normalized spacial score (nSPS) is 10.8. The smallest absolute Gasteiger partial charge is 0.162 e. The number of rotatable bonds is 3. The minimum absolute atomic E-state index is 0.0616. The summed E-state index contributed by atoms with van der Waals surface area (Å²) in [5.41, 5.74) is 2.53. The van der Waals surface area contributed by atoms with Crippen molar-refractivity contribution in [3.05, 3.63) is 60.0 Å². The van der Waals surface area contributed by atoms with E-state index in [9.17, 15) is 5.11 Å². The van der Waals surface area contributed by atoms with Gasteiger partial charge in [0.2, 0.25) is 0 Å². The molecule has 96 valence electrons. The Kier molecular flexibility index (Phi) is 2.89. The van der Waals surface area contributed by atoms with E-state index in [1.54, 1.807) is 15.6 Å². The molecule has 0 bridgehead atoms. The van der Waals surface area contributed by atoms with E-state index in [1.807, 2.05) is 49.5 Å². The molecule has 0 saturated heterocycles. The summed E-state index contributed by atoms with van der Waals surface area (Å²) in [7, 11) is 0. The van der Waals surface area contributed by atoms with Crippen molar-refractivity contribution in [2.45, 2.75) is 13.5 Å². The third-order valence-corrected chi connectivity index (χ3v) is 3.04. The molecule has 3 aromatic rings. The molecule has 0 aliphatic heterocycles. The molecule has 0 fully saturated rings. The van der Waals surface area contributed by atoms with Gasteiger partial charge in [-0.1, -0.05) is 18.2 Å². The first-order valence-electron chi connectivity index (χ1n) is 6.06. The minimum Gasteiger partial charge on any atom is -0.391 e. The average Bonchev–Trinajstić information content (AvgIpc) is 3.06. The van der Waals surface area contributed by atoms with Gasteiger partial charge in [-0.15, -0.1) is 0 Å². The van der Waals surface area contributed by atoms with Gasteiger partial charge in [-0.05, 0) is 25.1 Å². The van der Waals surface area contributed by atoms with Crippen LogP contribution in [0.5, 0.6) is 0 Å². The zero-order chi connectivity index (χ0) is 13.2. The van der Waals surface area contributed by atoms with Gasteiger partial charge < -0.3 is 5.11 Å². The van der Waals surface area contributed by atoms with Crippen molar-refractivity contribution in [3.63, 3.8) is 0 Å². The summed E-state index contributed by atoms with van der Waals surface area (Å²) >= 11 is 0. The van der Waals surface area contributed by atoms with E-state index in [1.165, 1.54) is 0 Å². The first-order chi connectivity index (χ1) is 9.31. The average molecular weight is 254 g/mol. The molecule has 0 aliphatic carbocycles. The number of hydrogen-bond donors (Lipinski definition) is 1. The Labute approximate surface area is 110 Å². The van der Waals surface area contributed by atoms with Crippen molar-refractivity contribution in [2.75, 3.05) is 0 Å². The van der Waals surface area contributed by atoms with Crippen LogP contribution >= 0.6 is 0 Å². The van der Waals surface area contributed by atoms with Crippen molar-refractivity contribution in [2.24, 2.45) is 0 Å². The van der Waals surface area contributed by atoms with Crippen LogP contribution in [0.15, 0.2) is 48.8 Å². The lowest BCUT2D eigenvalue weighted by Crippen LogP contribution is -2.07. The van der Waals surface area contributed by atoms with Crippen LogP contribution in [0.3, 0.4) is 0 Å². The standard InChI is InChI=1S/C14H14N4O/c1-11-13(10-19)14(17-9-5-8-15-17)18(16-11)12-6-3-2-4-7-12/h2-9,19H,10H2,1H3. The summed E-state index contributed by atoms with van der Waals surface area (Å²) in [4.78, 5) is 0. The molecular formula is C14H14N4O. The van der Waals surface area contributed by atoms with E-state index in [0.29, 0.717) is 0 Å². The Bertz CT molecular complexity index is 671. The number of aryl methyl sites for hydroxylation is 1. The summed E-state index contributed by atoms with van der Waals surface area (Å²) in [5.74, 6) is 0.774. The van der Waals surface area contributed by atoms with E-state index < -0.39 is 0 Å². The molecule has 0 radical (unpaired) electrons. The van der Waals surface area contributed by atoms with Crippen molar-refractivity contribution in [3.8, 4) is 11.5 Å². The zero-order valence-electron chi connectivity index (χ0n) is 10.6. The zero-order valence-corrected chi connectivity index (χ0v) is 10.6. The molecule has 2 heterocycles. The number of aliphatic hydroxyl groups is 1. The molecular weight excluding hydrogens is 240 g/mol. The molecule has 0 unspecified atom stereocenters. The van der Waals surface area contributed by atoms with Gasteiger partial charge in [-0.3, -0.25) is 0 Å². The van der Waals surface area contributed by atoms with Crippen LogP contribution in [0.25, 0.3) is 11.5 Å². The van der Waals surface area contributed by atoms with Gasteiger partial charge in [0.25, 0.3) is 0 Å². The van der Waals surface area contributed by atoms with E-state index in [4.69, 9.17) is 0 Å². The minimum atomic E-state index is -0.0616. The lowest BCUT2D eigenvalue weighted by molar-refractivity contribution is 0.280. The van der Waals surface area contributed by atoms with Crippen LogP contribution in [0, 0.1) is 6.92 Å². The number of benzene rings is 1. The predicted octanol–water partition coefficient (Wildman–Crippen LogP) is 1.86. The molecule has 0 amide bonds. The maximum atomic E-state index is 9.56. The Morgan fingerprint density at radius 2 is 1.95 bits per heavy atom. The van der Waals surface area contributed by atoms with E-state index in [-0.39, 0.29) is 6.61 Å². The first-order valence-corrected chi connectivity index (χ1v) is 6.06. The van der Waals surface area contributed by atoms with Crippen LogP contribution in [0.1, 0.15) is 11.3 Å². The maximum absolute atomic E-state index is 9.56. The van der Waals surface area contributed by atoms with Crippen LogP contribution < -0.4 is 0 Å². The van der Waals surface area contributed by atoms with Crippen LogP contribution in [-0.2, 0) is 6.61 Å². The number of aliphatic hydroxyl groups excluding tert-OH is 1. The van der Waals surface area contributed by atoms with Crippen LogP contribution in [0.2, 0.25) is 0 Å². The molecule has 1 N–H and O–H groups in total. The number of para-hydroxylation sites is 1. The summed E-state index contributed by atoms with van der Waals surface area (Å²) < 4.78 is 3.52. The van der Waals surface area contributed by atoms with Crippen molar-refractivity contribution < 1.29 is 5.11 Å². The number of aromatic nitrogens is 4. The molecule has 3 rings (SSSR count). The Hall–Kier alpha value is -2.40. The van der Waals surface area contributed by atoms with Gasteiger partial charge in [0.15, 0.2) is 5.82 Å². The Morgan fingerprint density at radius 3 is 2.58 bits per heavy atom. The van der Waals surface area contributed by atoms with Gasteiger partial charge in [-0.2, -0.15) is 10.2 Å². The van der Waals surface area contributed by atoms with E-state index in [2.05, 4.69) is 10.2 Å². The maximum Gasteiger partial charge on any atom is 0.162 e. The van der Waals surface area contributed by atoms with Crippen molar-refractivity contribution >= 4 is 0 Å². The molecule has 5 heteroatoms. The monoisotopic (exact) mass is 254 g/mol. The lowest BCUT2D eigenvalue weighted by Gasteiger charge is -2.08. The quantitative estimate of drug-likeness (QED) is 0.776. The second kappa shape index (κ2) is 4.70. The highest BCUT2D eigenvalue weighted by atomic mass is 16.3. The van der Waals surface area contributed by atoms with Gasteiger partial charge in [0, 0.05) is 18.0 Å². The SMILES string of the molecule is Cc1nn(-c2ccccc2)c(-n2cccn2)c1CO. The molecule has 0 aliphatic rings. The summed E-state index contributed by atoms with van der Waals surface area (Å²) in [6.45, 7) is 1.83. The molecule has 19 heavy (non-hydrogen) atoms. The highest BCUT2D eigenvalue weighted by Crippen LogP contribution is 2.21. The van der Waals surface area contributed by atoms with Crippen LogP contribution in [-0.4, -0.2) is 24.7 Å². The second-order valence-corrected chi connectivity index (χ2v) is 4.24. The third-order valence-electron chi connectivity index (χ3n) is 3.04. The topological polar surface area (TPSA) is 55.9 Å². The van der Waals surface area contributed by atoms with Gasteiger partial charge >= 0.3 is 0 Å². The summed E-state index contributed by atoms with van der Waals surface area (Å²) in [6.07, 6.45) is 3.55. The fourth-order valence-electron chi connectivity index (χ4n) is 2.11. The van der Waals surface area contributed by atoms with E-state index in [0.717, 1.165) is 22.8 Å². The first kappa shape index (κ1) is 11.7. The van der Waals surface area contributed by atoms with Gasteiger partial charge in [-0.25, -0.2) is 9.36 Å². The lowest BCUT2D eigenvalue weighted by atomic mass is 10.2. The molecule has 1 aromatic carbocycles. The molecule has 0 spiro atoms. The summed E-state index contributed by atoms with van der Waals surface area (Å²) in [5, 5.41) is 18.3. The van der Waals surface area contributed by atoms with Crippen LogP contribution in [0.4, 0.5) is 0 Å². The number of nitrogens with zero attached hydrogens (tertiary/aromatic N) is 4. The highest BCUT2D eigenvalue weighted by molar-refractivity contribution is 5.44. The second-order valence-electron chi connectivity index (χ2n) is 4.24. The van der Waals surface area contributed by atoms with Crippen molar-refractivity contribution in [1.82, 2.24) is 19.6 Å². The highest BCUT2D eigenvalue weighted by Gasteiger charge is 2.17. The van der Waals surface area contributed by atoms with Gasteiger partial charge in [0.1, 0.15) is 0 Å². The molecule has 2 aromatic heterocycles. The fourth-order valence-corrected chi connectivity index (χ4v) is 2.11. The number of hydrogen-bond acceptors (Lipinski definition) is 3. The van der Waals surface area contributed by atoms with Crippen molar-refractivity contribution in [1.29, 1.82) is 0 Å². The Morgan fingerprint density at radius 1 is 1.16 bits per heavy atom.